The van der Waals surface area contributed by atoms with Crippen LogP contribution in [0.15, 0.2) is 58.0 Å². The first-order valence-electron chi connectivity index (χ1n) is 14.2. The van der Waals surface area contributed by atoms with Crippen LogP contribution in [0.4, 0.5) is 13.2 Å². The standard InChI is InChI=1S/C29H37N3O5S.C2HF3O2/c1-21-14-26(36-4)15-22(2)28(21)38(34,35)31(3)19-27-16-25(20-37-27)29(33)30-17-23-8-10-24(11-9-23)18-32-12-6-5-7-13-32;3-2(4,5)1(6)7/h8-11,14-16,20H,5-7,12-13,17-19H2,1-4H3,(H,30,33);(H,6,7). The lowest BCUT2D eigenvalue weighted by Crippen LogP contribution is -2.29. The van der Waals surface area contributed by atoms with Gasteiger partial charge in [-0.1, -0.05) is 30.7 Å². The maximum Gasteiger partial charge on any atom is 0.490 e. The van der Waals surface area contributed by atoms with E-state index in [1.54, 1.807) is 39.2 Å². The molecule has 0 aliphatic carbocycles. The first-order valence-corrected chi connectivity index (χ1v) is 15.6. The van der Waals surface area contributed by atoms with Gasteiger partial charge in [-0.3, -0.25) is 9.69 Å². The van der Waals surface area contributed by atoms with Crippen LogP contribution < -0.4 is 10.1 Å². The predicted octanol–water partition coefficient (Wildman–Crippen LogP) is 5.27. The van der Waals surface area contributed by atoms with E-state index in [1.807, 2.05) is 12.1 Å². The van der Waals surface area contributed by atoms with Crippen LogP contribution in [0, 0.1) is 13.8 Å². The number of carbonyl (C=O) groups is 2. The summed E-state index contributed by atoms with van der Waals surface area (Å²) in [4.78, 5) is 24.3. The number of benzene rings is 2. The summed E-state index contributed by atoms with van der Waals surface area (Å²) in [7, 11) is -0.736. The third-order valence-electron chi connectivity index (χ3n) is 7.21. The highest BCUT2D eigenvalue weighted by atomic mass is 32.2. The van der Waals surface area contributed by atoms with Crippen molar-refractivity contribution in [2.45, 2.75) is 63.8 Å². The number of carbonyl (C=O) groups excluding carboxylic acids is 1. The first-order chi connectivity index (χ1) is 21.1. The SMILES string of the molecule is COc1cc(C)c(S(=O)(=O)N(C)Cc2cc(C(=O)NCc3ccc(CN4CCCCC4)cc3)co2)c(C)c1.O=C(O)C(F)(F)F. The zero-order valence-electron chi connectivity index (χ0n) is 25.6. The molecule has 246 valence electrons. The molecule has 1 aliphatic rings. The lowest BCUT2D eigenvalue weighted by Gasteiger charge is -2.26. The molecule has 1 fully saturated rings. The average Bonchev–Trinajstić information content (AvgIpc) is 3.45. The fraction of sp³-hybridized carbons (Fsp3) is 0.419. The molecule has 2 heterocycles. The number of furan rings is 1. The van der Waals surface area contributed by atoms with Gasteiger partial charge in [0.15, 0.2) is 0 Å². The Morgan fingerprint density at radius 2 is 1.58 bits per heavy atom. The monoisotopic (exact) mass is 653 g/mol. The number of carboxylic acid groups (broad SMARTS) is 1. The van der Waals surface area contributed by atoms with Gasteiger partial charge in [0.2, 0.25) is 10.0 Å². The minimum absolute atomic E-state index is 0.000990. The number of nitrogens with zero attached hydrogens (tertiary/aromatic N) is 2. The number of hydrogen-bond donors (Lipinski definition) is 2. The maximum atomic E-state index is 13.3. The molecule has 0 radical (unpaired) electrons. The van der Waals surface area contributed by atoms with Crippen molar-refractivity contribution >= 4 is 21.9 Å². The Balaban J connectivity index is 0.000000707. The van der Waals surface area contributed by atoms with Crippen molar-refractivity contribution in [3.63, 3.8) is 0 Å². The van der Waals surface area contributed by atoms with Gasteiger partial charge < -0.3 is 19.6 Å². The number of methoxy groups -OCH3 is 1. The summed E-state index contributed by atoms with van der Waals surface area (Å²) in [6.45, 7) is 7.17. The van der Waals surface area contributed by atoms with E-state index in [4.69, 9.17) is 19.1 Å². The number of alkyl halides is 3. The van der Waals surface area contributed by atoms with Gasteiger partial charge in [0.05, 0.1) is 24.1 Å². The highest BCUT2D eigenvalue weighted by Crippen LogP contribution is 2.28. The van der Waals surface area contributed by atoms with Crippen LogP contribution in [0.3, 0.4) is 0 Å². The van der Waals surface area contributed by atoms with Crippen molar-refractivity contribution in [1.29, 1.82) is 0 Å². The zero-order chi connectivity index (χ0) is 33.4. The number of ether oxygens (including phenoxy) is 1. The summed E-state index contributed by atoms with van der Waals surface area (Å²) in [6.07, 6.45) is 0.144. The molecule has 3 aromatic rings. The second-order valence-electron chi connectivity index (χ2n) is 10.8. The third kappa shape index (κ3) is 10.1. The number of likely N-dealkylation sites (tertiary alicyclic amines) is 1. The summed E-state index contributed by atoms with van der Waals surface area (Å²) in [5.74, 6) is -2.04. The average molecular weight is 654 g/mol. The van der Waals surface area contributed by atoms with Crippen LogP contribution in [-0.4, -0.2) is 68.0 Å². The van der Waals surface area contributed by atoms with Crippen molar-refractivity contribution in [3.8, 4) is 5.75 Å². The highest BCUT2D eigenvalue weighted by Gasteiger charge is 2.38. The molecule has 2 N–H and O–H groups in total. The second kappa shape index (κ2) is 15.4. The molecular weight excluding hydrogens is 615 g/mol. The molecular formula is C31H38F3N3O7S. The van der Waals surface area contributed by atoms with E-state index in [-0.39, 0.29) is 17.3 Å². The Morgan fingerprint density at radius 1 is 1.02 bits per heavy atom. The summed E-state index contributed by atoms with van der Waals surface area (Å²) in [5, 5.41) is 10.0. The molecule has 1 aliphatic heterocycles. The number of carboxylic acids is 1. The van der Waals surface area contributed by atoms with Gasteiger partial charge in [-0.2, -0.15) is 17.5 Å². The van der Waals surface area contributed by atoms with Gasteiger partial charge in [-0.15, -0.1) is 0 Å². The van der Waals surface area contributed by atoms with Gasteiger partial charge in [-0.25, -0.2) is 13.2 Å². The molecule has 1 saturated heterocycles. The van der Waals surface area contributed by atoms with Crippen molar-refractivity contribution < 1.29 is 45.4 Å². The van der Waals surface area contributed by atoms with E-state index in [1.165, 1.54) is 42.4 Å². The topological polar surface area (TPSA) is 129 Å². The molecule has 0 saturated carbocycles. The molecule has 2 aromatic carbocycles. The van der Waals surface area contributed by atoms with Gasteiger partial charge in [-0.05, 0) is 80.2 Å². The minimum Gasteiger partial charge on any atom is -0.497 e. The second-order valence-corrected chi connectivity index (χ2v) is 12.8. The van der Waals surface area contributed by atoms with Gasteiger partial charge in [0, 0.05) is 20.1 Å². The number of piperidine rings is 1. The number of aliphatic carboxylic acids is 1. The Hall–Kier alpha value is -3.88. The van der Waals surface area contributed by atoms with Crippen molar-refractivity contribution in [3.05, 3.63) is 82.3 Å². The molecule has 1 aromatic heterocycles. The number of nitrogens with one attached hydrogen (secondary N) is 1. The maximum absolute atomic E-state index is 13.3. The normalized spacial score (nSPS) is 14.0. The number of rotatable bonds is 10. The molecule has 4 rings (SSSR count). The Morgan fingerprint density at radius 3 is 2.11 bits per heavy atom. The van der Waals surface area contributed by atoms with E-state index >= 15 is 0 Å². The fourth-order valence-electron chi connectivity index (χ4n) is 4.90. The molecule has 0 atom stereocenters. The lowest BCUT2D eigenvalue weighted by atomic mass is 10.1. The predicted molar refractivity (Wildman–Crippen MR) is 160 cm³/mol. The fourth-order valence-corrected chi connectivity index (χ4v) is 6.44. The summed E-state index contributed by atoms with van der Waals surface area (Å²) in [5.41, 5.74) is 3.85. The number of aryl methyl sites for hydroxylation is 2. The van der Waals surface area contributed by atoms with Gasteiger partial charge in [0.25, 0.3) is 5.91 Å². The highest BCUT2D eigenvalue weighted by molar-refractivity contribution is 7.89. The van der Waals surface area contributed by atoms with Gasteiger partial charge >= 0.3 is 12.1 Å². The summed E-state index contributed by atoms with van der Waals surface area (Å²) < 4.78 is 70.3. The Bertz CT molecular complexity index is 1540. The molecule has 0 unspecified atom stereocenters. The van der Waals surface area contributed by atoms with Crippen LogP contribution >= 0.6 is 0 Å². The summed E-state index contributed by atoms with van der Waals surface area (Å²) in [6, 6.07) is 13.3. The number of sulfonamides is 1. The van der Waals surface area contributed by atoms with E-state index in [9.17, 15) is 26.4 Å². The molecule has 0 spiro atoms. The number of hydrogen-bond acceptors (Lipinski definition) is 7. The smallest absolute Gasteiger partial charge is 0.490 e. The molecule has 1 amide bonds. The van der Waals surface area contributed by atoms with Crippen LogP contribution in [0.2, 0.25) is 0 Å². The molecule has 10 nitrogen and oxygen atoms in total. The number of amides is 1. The van der Waals surface area contributed by atoms with Gasteiger partial charge in [0.1, 0.15) is 17.8 Å². The van der Waals surface area contributed by atoms with Crippen LogP contribution in [0.25, 0.3) is 0 Å². The summed E-state index contributed by atoms with van der Waals surface area (Å²) >= 11 is 0. The first kappa shape index (κ1) is 35.6. The minimum atomic E-state index is -5.08. The van der Waals surface area contributed by atoms with Crippen LogP contribution in [0.5, 0.6) is 5.75 Å². The largest absolute Gasteiger partial charge is 0.497 e. The zero-order valence-corrected chi connectivity index (χ0v) is 26.4. The van der Waals surface area contributed by atoms with Crippen LogP contribution in [0.1, 0.15) is 57.6 Å². The quantitative estimate of drug-likeness (QED) is 0.303. The lowest BCUT2D eigenvalue weighted by molar-refractivity contribution is -0.192. The molecule has 0 bridgehead atoms. The number of halogens is 3. The van der Waals surface area contributed by atoms with Crippen molar-refractivity contribution in [1.82, 2.24) is 14.5 Å². The third-order valence-corrected chi connectivity index (χ3v) is 9.32. The molecule has 45 heavy (non-hydrogen) atoms. The van der Waals surface area contributed by atoms with E-state index < -0.39 is 22.2 Å². The molecule has 14 heteroatoms. The van der Waals surface area contributed by atoms with Crippen molar-refractivity contribution in [2.24, 2.45) is 0 Å². The van der Waals surface area contributed by atoms with E-state index in [0.29, 0.717) is 34.7 Å². The van der Waals surface area contributed by atoms with Crippen molar-refractivity contribution in [2.75, 3.05) is 27.2 Å². The van der Waals surface area contributed by atoms with Crippen LogP contribution in [-0.2, 0) is 34.5 Å². The van der Waals surface area contributed by atoms with E-state index in [2.05, 4.69) is 22.3 Å². The van der Waals surface area contributed by atoms with E-state index in [0.717, 1.165) is 25.2 Å². The Labute approximate surface area is 260 Å². The Kier molecular flexibility index (Phi) is 12.2.